The molecule has 1 aliphatic heterocycles. The second kappa shape index (κ2) is 4.05. The smallest absolute Gasteiger partial charge is 0.283 e. The van der Waals surface area contributed by atoms with E-state index in [4.69, 9.17) is 0 Å². The van der Waals surface area contributed by atoms with Crippen LogP contribution >= 0.6 is 0 Å². The number of hydrogen-bond acceptors (Lipinski definition) is 2. The molecule has 1 N–H and O–H groups in total. The molecule has 0 aliphatic carbocycles. The molecule has 1 aliphatic rings. The summed E-state index contributed by atoms with van der Waals surface area (Å²) in [6, 6.07) is 14.8. The first kappa shape index (κ1) is 12.3. The van der Waals surface area contributed by atoms with Crippen molar-refractivity contribution in [3.8, 4) is 0 Å². The number of aryl methyl sites for hydroxylation is 1. The molecule has 1 aromatic heterocycles. The van der Waals surface area contributed by atoms with Gasteiger partial charge < -0.3 is 4.98 Å². The molecule has 0 unspecified atom stereocenters. The monoisotopic (exact) mass is 296 g/mol. The number of H-pyrrole nitrogens is 1. The number of hydrogen-bond donors (Lipinski definition) is 1. The number of para-hydroxylation sites is 1. The molecular formula is C16H12N2O2S. The quantitative estimate of drug-likeness (QED) is 0.750. The molecule has 2 heterocycles. The zero-order valence-corrected chi connectivity index (χ0v) is 12.1. The minimum Gasteiger partial charge on any atom is -0.358 e. The lowest BCUT2D eigenvalue weighted by atomic mass is 10.00. The number of fused-ring (bicyclic) bond motifs is 2. The Morgan fingerprint density at radius 3 is 2.57 bits per heavy atom. The Hall–Kier alpha value is -2.40. The van der Waals surface area contributed by atoms with Crippen molar-refractivity contribution < 1.29 is 8.42 Å². The van der Waals surface area contributed by atoms with Gasteiger partial charge in [-0.15, -0.1) is 0 Å². The van der Waals surface area contributed by atoms with Crippen molar-refractivity contribution in [1.82, 2.24) is 4.98 Å². The average Bonchev–Trinajstić information content (AvgIpc) is 2.93. The lowest BCUT2D eigenvalue weighted by molar-refractivity contribution is 0.599. The van der Waals surface area contributed by atoms with Crippen LogP contribution in [0.15, 0.2) is 57.8 Å². The van der Waals surface area contributed by atoms with E-state index < -0.39 is 10.0 Å². The van der Waals surface area contributed by atoms with E-state index in [0.717, 1.165) is 22.2 Å². The summed E-state index contributed by atoms with van der Waals surface area (Å²) in [6.45, 7) is 1.94. The van der Waals surface area contributed by atoms with Crippen LogP contribution in [0.5, 0.6) is 0 Å². The van der Waals surface area contributed by atoms with Crippen LogP contribution in [-0.4, -0.2) is 19.1 Å². The first-order valence-corrected chi connectivity index (χ1v) is 8.04. The van der Waals surface area contributed by atoms with Crippen LogP contribution in [0, 0.1) is 6.92 Å². The fourth-order valence-corrected chi connectivity index (χ4v) is 4.09. The lowest BCUT2D eigenvalue weighted by Crippen LogP contribution is -2.01. The molecule has 21 heavy (non-hydrogen) atoms. The van der Waals surface area contributed by atoms with E-state index in [0.29, 0.717) is 11.3 Å². The summed E-state index contributed by atoms with van der Waals surface area (Å²) in [4.78, 5) is 3.57. The molecule has 3 aromatic rings. The van der Waals surface area contributed by atoms with Gasteiger partial charge >= 0.3 is 0 Å². The number of aromatic amines is 1. The topological polar surface area (TPSA) is 62.3 Å². The second-order valence-electron chi connectivity index (χ2n) is 5.08. The third-order valence-corrected chi connectivity index (χ3v) is 5.10. The van der Waals surface area contributed by atoms with Crippen LogP contribution in [0.1, 0.15) is 16.8 Å². The van der Waals surface area contributed by atoms with Crippen LogP contribution in [0.4, 0.5) is 0 Å². The van der Waals surface area contributed by atoms with Gasteiger partial charge in [0, 0.05) is 27.7 Å². The van der Waals surface area contributed by atoms with Crippen molar-refractivity contribution in [3.05, 3.63) is 65.4 Å². The number of aromatic nitrogens is 1. The summed E-state index contributed by atoms with van der Waals surface area (Å²) in [6.07, 6.45) is 0. The van der Waals surface area contributed by atoms with Crippen LogP contribution in [0.25, 0.3) is 10.9 Å². The van der Waals surface area contributed by atoms with Gasteiger partial charge in [0.15, 0.2) is 0 Å². The first-order chi connectivity index (χ1) is 10.1. The van der Waals surface area contributed by atoms with Crippen molar-refractivity contribution >= 4 is 26.6 Å². The summed E-state index contributed by atoms with van der Waals surface area (Å²) >= 11 is 0. The molecule has 2 aromatic carbocycles. The largest absolute Gasteiger partial charge is 0.358 e. The minimum atomic E-state index is -3.59. The van der Waals surface area contributed by atoms with Crippen molar-refractivity contribution in [2.45, 2.75) is 11.8 Å². The molecule has 4 nitrogen and oxygen atoms in total. The SMILES string of the molecule is Cc1[nH]c2ccccc2c1C1=NS(=O)(=O)c2ccccc21. The molecule has 0 bridgehead atoms. The van der Waals surface area contributed by atoms with Gasteiger partial charge in [-0.1, -0.05) is 36.4 Å². The molecule has 0 amide bonds. The van der Waals surface area contributed by atoms with Gasteiger partial charge in [-0.2, -0.15) is 12.8 Å². The predicted molar refractivity (Wildman–Crippen MR) is 82.3 cm³/mol. The van der Waals surface area contributed by atoms with Crippen LogP contribution < -0.4 is 0 Å². The van der Waals surface area contributed by atoms with Gasteiger partial charge in [-0.25, -0.2) is 0 Å². The normalized spacial score (nSPS) is 16.0. The van der Waals surface area contributed by atoms with Crippen LogP contribution in [-0.2, 0) is 10.0 Å². The Labute approximate surface area is 122 Å². The van der Waals surface area contributed by atoms with E-state index >= 15 is 0 Å². The molecule has 0 spiro atoms. The van der Waals surface area contributed by atoms with Gasteiger partial charge in [0.25, 0.3) is 10.0 Å². The van der Waals surface area contributed by atoms with E-state index in [9.17, 15) is 8.42 Å². The number of nitrogens with one attached hydrogen (secondary N) is 1. The van der Waals surface area contributed by atoms with E-state index in [-0.39, 0.29) is 4.90 Å². The fraction of sp³-hybridized carbons (Fsp3) is 0.0625. The molecule has 0 fully saturated rings. The van der Waals surface area contributed by atoms with Gasteiger partial charge in [0.2, 0.25) is 0 Å². The maximum atomic E-state index is 12.2. The Morgan fingerprint density at radius 2 is 1.71 bits per heavy atom. The van der Waals surface area contributed by atoms with Gasteiger partial charge in [-0.05, 0) is 19.1 Å². The van der Waals surface area contributed by atoms with Gasteiger partial charge in [0.05, 0.1) is 10.6 Å². The van der Waals surface area contributed by atoms with Crippen molar-refractivity contribution in [3.63, 3.8) is 0 Å². The highest BCUT2D eigenvalue weighted by Gasteiger charge is 2.31. The molecule has 5 heteroatoms. The maximum absolute atomic E-state index is 12.2. The Morgan fingerprint density at radius 1 is 1.00 bits per heavy atom. The van der Waals surface area contributed by atoms with Crippen molar-refractivity contribution in [2.24, 2.45) is 4.40 Å². The summed E-state index contributed by atoms with van der Waals surface area (Å²) in [5.41, 5.74) is 3.96. The average molecular weight is 296 g/mol. The zero-order valence-electron chi connectivity index (χ0n) is 11.3. The maximum Gasteiger partial charge on any atom is 0.283 e. The van der Waals surface area contributed by atoms with Crippen LogP contribution in [0.2, 0.25) is 0 Å². The fourth-order valence-electron chi connectivity index (χ4n) is 2.87. The third-order valence-electron chi connectivity index (χ3n) is 3.76. The van der Waals surface area contributed by atoms with Crippen molar-refractivity contribution in [2.75, 3.05) is 0 Å². The summed E-state index contributed by atoms with van der Waals surface area (Å²) in [5, 5.41) is 0.987. The number of nitrogens with zero attached hydrogens (tertiary/aromatic N) is 1. The van der Waals surface area contributed by atoms with E-state index in [2.05, 4.69) is 9.38 Å². The van der Waals surface area contributed by atoms with E-state index in [1.165, 1.54) is 0 Å². The molecule has 104 valence electrons. The first-order valence-electron chi connectivity index (χ1n) is 6.60. The summed E-state index contributed by atoms with van der Waals surface area (Å²) in [5.74, 6) is 0. The standard InChI is InChI=1S/C16H12N2O2S/c1-10-15(11-6-2-4-8-13(11)17-10)16-12-7-3-5-9-14(12)21(19,20)18-16/h2-9,17H,1H3. The Balaban J connectivity index is 2.10. The van der Waals surface area contributed by atoms with Crippen LogP contribution in [0.3, 0.4) is 0 Å². The minimum absolute atomic E-state index is 0.282. The van der Waals surface area contributed by atoms with Gasteiger partial charge in [0.1, 0.15) is 0 Å². The molecule has 0 saturated carbocycles. The highest BCUT2D eigenvalue weighted by atomic mass is 32.2. The molecule has 0 atom stereocenters. The Bertz CT molecular complexity index is 1010. The number of rotatable bonds is 1. The molecule has 4 rings (SSSR count). The van der Waals surface area contributed by atoms with Gasteiger partial charge in [-0.3, -0.25) is 0 Å². The highest BCUT2D eigenvalue weighted by molar-refractivity contribution is 7.90. The summed E-state index contributed by atoms with van der Waals surface area (Å²) in [7, 11) is -3.59. The van der Waals surface area contributed by atoms with E-state index in [1.807, 2.05) is 37.3 Å². The highest BCUT2D eigenvalue weighted by Crippen LogP contribution is 2.33. The number of sulfonamides is 1. The van der Waals surface area contributed by atoms with E-state index in [1.54, 1.807) is 18.2 Å². The lowest BCUT2D eigenvalue weighted by Gasteiger charge is -2.02. The predicted octanol–water partition coefficient (Wildman–Crippen LogP) is 3.02. The Kier molecular flexibility index (Phi) is 2.38. The second-order valence-corrected chi connectivity index (χ2v) is 6.65. The number of benzene rings is 2. The zero-order chi connectivity index (χ0) is 14.6. The summed E-state index contributed by atoms with van der Waals surface area (Å²) < 4.78 is 28.4. The molecule has 0 saturated heterocycles. The third kappa shape index (κ3) is 1.67. The molecule has 0 radical (unpaired) electrons. The molecular weight excluding hydrogens is 284 g/mol. The van der Waals surface area contributed by atoms with Crippen molar-refractivity contribution in [1.29, 1.82) is 0 Å².